The van der Waals surface area contributed by atoms with E-state index in [0.29, 0.717) is 23.8 Å². The Labute approximate surface area is 135 Å². The molecule has 2 unspecified atom stereocenters. The minimum Gasteiger partial charge on any atom is -0.338 e. The second-order valence-electron chi connectivity index (χ2n) is 7.13. The molecule has 7 nitrogen and oxygen atoms in total. The molecule has 1 N–H and O–H groups in total. The van der Waals surface area contributed by atoms with Gasteiger partial charge in [-0.25, -0.2) is 0 Å². The van der Waals surface area contributed by atoms with Gasteiger partial charge in [0.25, 0.3) is 0 Å². The minimum atomic E-state index is 0.0699. The van der Waals surface area contributed by atoms with Crippen molar-refractivity contribution in [1.82, 2.24) is 30.2 Å². The van der Waals surface area contributed by atoms with Crippen molar-refractivity contribution in [2.45, 2.75) is 76.9 Å². The highest BCUT2D eigenvalue weighted by molar-refractivity contribution is 5.06. The van der Waals surface area contributed by atoms with Gasteiger partial charge in [0.2, 0.25) is 5.89 Å². The van der Waals surface area contributed by atoms with Gasteiger partial charge in [0.1, 0.15) is 11.6 Å². The van der Waals surface area contributed by atoms with E-state index in [1.165, 1.54) is 12.8 Å². The lowest BCUT2D eigenvalue weighted by Gasteiger charge is -2.27. The number of nitrogens with zero attached hydrogens (tertiary/aromatic N) is 5. The molecule has 2 aliphatic rings. The molecular formula is C16H24N6O. The summed E-state index contributed by atoms with van der Waals surface area (Å²) in [6.45, 7) is 7.32. The van der Waals surface area contributed by atoms with Gasteiger partial charge in [0, 0.05) is 30.8 Å². The number of rotatable bonds is 5. The van der Waals surface area contributed by atoms with Crippen LogP contribution in [0.3, 0.4) is 0 Å². The van der Waals surface area contributed by atoms with Crippen LogP contribution >= 0.6 is 0 Å². The minimum absolute atomic E-state index is 0.0699. The Bertz CT molecular complexity index is 687. The number of nitrogens with one attached hydrogen (secondary N) is 1. The number of fused-ring (bicyclic) bond motifs is 1. The fraction of sp³-hybridized carbons (Fsp3) is 0.750. The van der Waals surface area contributed by atoms with Gasteiger partial charge in [-0.15, -0.1) is 10.2 Å². The van der Waals surface area contributed by atoms with E-state index in [-0.39, 0.29) is 6.04 Å². The Kier molecular flexibility index (Phi) is 3.67. The second kappa shape index (κ2) is 5.70. The quantitative estimate of drug-likeness (QED) is 0.911. The lowest BCUT2D eigenvalue weighted by molar-refractivity contribution is 0.291. The Hall–Kier alpha value is -1.76. The van der Waals surface area contributed by atoms with Gasteiger partial charge in [0.05, 0.1) is 6.04 Å². The third-order valence-corrected chi connectivity index (χ3v) is 4.75. The van der Waals surface area contributed by atoms with Crippen molar-refractivity contribution in [3.05, 3.63) is 23.4 Å². The van der Waals surface area contributed by atoms with Crippen LogP contribution < -0.4 is 5.32 Å². The third kappa shape index (κ3) is 2.89. The summed E-state index contributed by atoms with van der Waals surface area (Å²) in [5.74, 6) is 4.68. The van der Waals surface area contributed by atoms with Crippen LogP contribution in [0.2, 0.25) is 0 Å². The van der Waals surface area contributed by atoms with E-state index in [4.69, 9.17) is 4.52 Å². The maximum Gasteiger partial charge on any atom is 0.243 e. The summed E-state index contributed by atoms with van der Waals surface area (Å²) in [6.07, 6.45) is 4.40. The van der Waals surface area contributed by atoms with Crippen LogP contribution in [-0.2, 0) is 13.0 Å². The van der Waals surface area contributed by atoms with Crippen LogP contribution in [0.25, 0.3) is 0 Å². The van der Waals surface area contributed by atoms with Gasteiger partial charge in [0.15, 0.2) is 5.82 Å². The topological polar surface area (TPSA) is 81.7 Å². The molecule has 3 heterocycles. The van der Waals surface area contributed by atoms with Crippen LogP contribution in [-0.4, -0.2) is 30.9 Å². The molecule has 4 rings (SSSR count). The van der Waals surface area contributed by atoms with Crippen LogP contribution in [0.4, 0.5) is 0 Å². The van der Waals surface area contributed by atoms with Crippen LogP contribution in [0.1, 0.15) is 81.3 Å². The van der Waals surface area contributed by atoms with Gasteiger partial charge in [-0.05, 0) is 26.2 Å². The predicted molar refractivity (Wildman–Crippen MR) is 84.0 cm³/mol. The van der Waals surface area contributed by atoms with E-state index in [9.17, 15) is 0 Å². The molecule has 0 radical (unpaired) electrons. The largest absolute Gasteiger partial charge is 0.338 e. The van der Waals surface area contributed by atoms with E-state index in [2.05, 4.69) is 51.0 Å². The Morgan fingerprint density at radius 2 is 2.00 bits per heavy atom. The van der Waals surface area contributed by atoms with Crippen molar-refractivity contribution < 1.29 is 4.52 Å². The SMILES string of the molecule is CC(C)c1nnc2n1CC(NC(C)c1nc(C3CC3)no1)CC2. The molecule has 1 saturated carbocycles. The van der Waals surface area contributed by atoms with Crippen molar-refractivity contribution in [2.24, 2.45) is 0 Å². The molecule has 2 atom stereocenters. The Balaban J connectivity index is 1.43. The second-order valence-corrected chi connectivity index (χ2v) is 7.13. The van der Waals surface area contributed by atoms with Crippen molar-refractivity contribution in [2.75, 3.05) is 0 Å². The molecule has 0 aromatic carbocycles. The average Bonchev–Trinajstić information content (AvgIpc) is 3.11. The fourth-order valence-corrected chi connectivity index (χ4v) is 3.27. The standard InChI is InChI=1S/C16H24N6O/c1-9(2)15-20-19-13-7-6-12(8-22(13)15)17-10(3)16-18-14(21-23-16)11-4-5-11/h9-12,17H,4-8H2,1-3H3. The van der Waals surface area contributed by atoms with E-state index in [0.717, 1.165) is 36.9 Å². The molecular weight excluding hydrogens is 292 g/mol. The molecule has 2 aromatic heterocycles. The van der Waals surface area contributed by atoms with Crippen molar-refractivity contribution in [1.29, 1.82) is 0 Å². The van der Waals surface area contributed by atoms with Gasteiger partial charge in [-0.1, -0.05) is 19.0 Å². The van der Waals surface area contributed by atoms with E-state index >= 15 is 0 Å². The molecule has 1 aliphatic heterocycles. The van der Waals surface area contributed by atoms with Crippen LogP contribution in [0.15, 0.2) is 4.52 Å². The third-order valence-electron chi connectivity index (χ3n) is 4.75. The summed E-state index contributed by atoms with van der Waals surface area (Å²) < 4.78 is 7.70. The molecule has 0 amide bonds. The summed E-state index contributed by atoms with van der Waals surface area (Å²) in [5, 5.41) is 16.4. The average molecular weight is 316 g/mol. The molecule has 0 saturated heterocycles. The maximum atomic E-state index is 5.43. The summed E-state index contributed by atoms with van der Waals surface area (Å²) >= 11 is 0. The number of aromatic nitrogens is 5. The lowest BCUT2D eigenvalue weighted by Crippen LogP contribution is -2.39. The zero-order valence-corrected chi connectivity index (χ0v) is 14.0. The van der Waals surface area contributed by atoms with Gasteiger partial charge < -0.3 is 14.4 Å². The van der Waals surface area contributed by atoms with Crippen molar-refractivity contribution >= 4 is 0 Å². The first-order valence-electron chi connectivity index (χ1n) is 8.63. The van der Waals surface area contributed by atoms with Gasteiger partial charge in [-0.3, -0.25) is 0 Å². The van der Waals surface area contributed by atoms with E-state index < -0.39 is 0 Å². The van der Waals surface area contributed by atoms with Gasteiger partial charge >= 0.3 is 0 Å². The molecule has 1 aliphatic carbocycles. The van der Waals surface area contributed by atoms with Crippen molar-refractivity contribution in [3.63, 3.8) is 0 Å². The zero-order chi connectivity index (χ0) is 16.0. The molecule has 7 heteroatoms. The molecule has 0 bridgehead atoms. The van der Waals surface area contributed by atoms with Crippen molar-refractivity contribution in [3.8, 4) is 0 Å². The lowest BCUT2D eigenvalue weighted by atomic mass is 10.1. The van der Waals surface area contributed by atoms with Gasteiger partial charge in [-0.2, -0.15) is 4.98 Å². The molecule has 124 valence electrons. The molecule has 0 spiro atoms. The normalized spacial score (nSPS) is 22.3. The highest BCUT2D eigenvalue weighted by Gasteiger charge is 2.30. The summed E-state index contributed by atoms with van der Waals surface area (Å²) in [5.41, 5.74) is 0. The molecule has 23 heavy (non-hydrogen) atoms. The fourth-order valence-electron chi connectivity index (χ4n) is 3.27. The van der Waals surface area contributed by atoms with Crippen LogP contribution in [0.5, 0.6) is 0 Å². The number of aryl methyl sites for hydroxylation is 1. The number of hydrogen-bond donors (Lipinski definition) is 1. The Morgan fingerprint density at radius 1 is 1.17 bits per heavy atom. The highest BCUT2D eigenvalue weighted by atomic mass is 16.5. The Morgan fingerprint density at radius 3 is 2.74 bits per heavy atom. The highest BCUT2D eigenvalue weighted by Crippen LogP contribution is 2.38. The summed E-state index contributed by atoms with van der Waals surface area (Å²) in [6, 6.07) is 0.447. The first-order chi connectivity index (χ1) is 11.1. The monoisotopic (exact) mass is 316 g/mol. The zero-order valence-electron chi connectivity index (χ0n) is 14.0. The van der Waals surface area contributed by atoms with Crippen LogP contribution in [0, 0.1) is 0 Å². The first-order valence-corrected chi connectivity index (χ1v) is 8.63. The van der Waals surface area contributed by atoms with E-state index in [1.807, 2.05) is 0 Å². The smallest absolute Gasteiger partial charge is 0.243 e. The molecule has 2 aromatic rings. The predicted octanol–water partition coefficient (Wildman–Crippen LogP) is 2.33. The maximum absolute atomic E-state index is 5.43. The van der Waals surface area contributed by atoms with E-state index in [1.54, 1.807) is 0 Å². The summed E-state index contributed by atoms with van der Waals surface area (Å²) in [7, 11) is 0. The molecule has 1 fully saturated rings. The first kappa shape index (κ1) is 14.8. The summed E-state index contributed by atoms with van der Waals surface area (Å²) in [4.78, 5) is 4.55. The number of hydrogen-bond acceptors (Lipinski definition) is 6.